The number of benzene rings is 1. The van der Waals surface area contributed by atoms with E-state index < -0.39 is 24.0 Å². The molecule has 42 heavy (non-hydrogen) atoms. The maximum atomic E-state index is 14.1. The highest BCUT2D eigenvalue weighted by Gasteiger charge is 2.69. The molecule has 4 aliphatic rings. The van der Waals surface area contributed by atoms with E-state index in [2.05, 4.69) is 34.8 Å². The summed E-state index contributed by atoms with van der Waals surface area (Å²) >= 11 is 0. The van der Waals surface area contributed by atoms with Gasteiger partial charge in [-0.05, 0) is 73.5 Å². The number of aromatic nitrogens is 1. The number of nitrogens with zero attached hydrogens (tertiary/aromatic N) is 1. The molecule has 2 saturated carbocycles. The number of carbonyl (C=O) groups excluding carboxylic acids is 5. The van der Waals surface area contributed by atoms with Gasteiger partial charge in [0.1, 0.15) is 29.8 Å². The number of hydrogen-bond acceptors (Lipinski definition) is 6. The van der Waals surface area contributed by atoms with Crippen LogP contribution in [0.15, 0.2) is 24.3 Å². The normalized spacial score (nSPS) is 27.4. The molecule has 3 heterocycles. The first kappa shape index (κ1) is 28.2. The van der Waals surface area contributed by atoms with E-state index in [-0.39, 0.29) is 53.2 Å². The summed E-state index contributed by atoms with van der Waals surface area (Å²) in [6, 6.07) is 4.91. The summed E-state index contributed by atoms with van der Waals surface area (Å²) < 4.78 is 5.41. The van der Waals surface area contributed by atoms with Crippen LogP contribution in [0.3, 0.4) is 0 Å². The minimum Gasteiger partial charge on any atom is -0.496 e. The fraction of sp³-hybridized carbons (Fsp3) is 0.581. The Hall–Kier alpha value is -3.89. The van der Waals surface area contributed by atoms with Crippen LogP contribution in [-0.4, -0.2) is 78.1 Å². The molecule has 1 aromatic heterocycles. The van der Waals surface area contributed by atoms with Crippen LogP contribution in [0, 0.1) is 29.1 Å². The Bertz CT molecular complexity index is 1430. The third-order valence-electron chi connectivity index (χ3n) is 9.92. The first-order chi connectivity index (χ1) is 20.1. The number of nitrogens with one attached hydrogen (secondary N) is 4. The number of aromatic amines is 1. The highest BCUT2D eigenvalue weighted by Crippen LogP contribution is 2.65. The maximum Gasteiger partial charge on any atom is 0.268 e. The van der Waals surface area contributed by atoms with Crippen LogP contribution in [-0.2, 0) is 19.2 Å². The average molecular weight is 578 g/mol. The maximum absolute atomic E-state index is 14.1. The zero-order valence-corrected chi connectivity index (χ0v) is 24.3. The molecule has 4 N–H and O–H groups in total. The lowest BCUT2D eigenvalue weighted by Crippen LogP contribution is -2.57. The van der Waals surface area contributed by atoms with Gasteiger partial charge in [0.05, 0.1) is 13.2 Å². The summed E-state index contributed by atoms with van der Waals surface area (Å²) in [6.45, 7) is 5.24. The molecular formula is C31H39N5O6. The Morgan fingerprint density at radius 2 is 1.98 bits per heavy atom. The fourth-order valence-electron chi connectivity index (χ4n) is 7.23. The smallest absolute Gasteiger partial charge is 0.268 e. The van der Waals surface area contributed by atoms with Crippen molar-refractivity contribution in [3.05, 3.63) is 30.0 Å². The van der Waals surface area contributed by atoms with Crippen LogP contribution in [0.25, 0.3) is 10.9 Å². The number of hydrogen-bond donors (Lipinski definition) is 4. The Labute approximate surface area is 244 Å². The van der Waals surface area contributed by atoms with Crippen molar-refractivity contribution in [2.45, 2.75) is 64.1 Å². The van der Waals surface area contributed by atoms with Crippen LogP contribution < -0.4 is 20.7 Å². The first-order valence-electron chi connectivity index (χ1n) is 14.9. The highest BCUT2D eigenvalue weighted by molar-refractivity contribution is 6.02. The number of carbonyl (C=O) groups is 5. The van der Waals surface area contributed by atoms with Crippen LogP contribution in [0.4, 0.5) is 0 Å². The summed E-state index contributed by atoms with van der Waals surface area (Å²) in [4.78, 5) is 70.1. The predicted octanol–water partition coefficient (Wildman–Crippen LogP) is 1.77. The number of rotatable bonds is 10. The summed E-state index contributed by atoms with van der Waals surface area (Å²) in [6.07, 6.45) is 4.05. The number of piperidine rings is 2. The Kier molecular flexibility index (Phi) is 7.22. The van der Waals surface area contributed by atoms with Crippen molar-refractivity contribution < 1.29 is 28.7 Å². The molecule has 2 saturated heterocycles. The van der Waals surface area contributed by atoms with Gasteiger partial charge in [-0.2, -0.15) is 0 Å². The summed E-state index contributed by atoms with van der Waals surface area (Å²) in [5.41, 5.74) is 0.969. The van der Waals surface area contributed by atoms with Crippen molar-refractivity contribution in [2.24, 2.45) is 29.1 Å². The van der Waals surface area contributed by atoms with Crippen LogP contribution in [0.1, 0.15) is 56.4 Å². The third kappa shape index (κ3) is 5.03. The fourth-order valence-corrected chi connectivity index (χ4v) is 7.23. The zero-order chi connectivity index (χ0) is 29.8. The highest BCUT2D eigenvalue weighted by atomic mass is 16.5. The zero-order valence-electron chi connectivity index (χ0n) is 24.3. The SMILES string of the molecule is COc1cccc2[nH]c(C(=O)N[C@H](C(=O)N3C[C@H]4[C@@H]([C@H]3C(=O)N[C@H](C=O)C[C@@H]3CCCNC3=O)C4(C)C)C3CC3)cc12. The second-order valence-electron chi connectivity index (χ2n) is 12.9. The van der Waals surface area contributed by atoms with Crippen molar-refractivity contribution in [1.29, 1.82) is 0 Å². The van der Waals surface area contributed by atoms with Crippen molar-refractivity contribution in [1.82, 2.24) is 25.8 Å². The second kappa shape index (κ2) is 10.7. The molecule has 2 aliphatic carbocycles. The van der Waals surface area contributed by atoms with Gasteiger partial charge in [0.15, 0.2) is 0 Å². The monoisotopic (exact) mass is 577 g/mol. The molecule has 11 heteroatoms. The quantitative estimate of drug-likeness (QED) is 0.316. The molecule has 6 atom stereocenters. The lowest BCUT2D eigenvalue weighted by molar-refractivity contribution is -0.142. The topological polar surface area (TPSA) is 150 Å². The number of aldehydes is 1. The van der Waals surface area contributed by atoms with Crippen LogP contribution in [0.2, 0.25) is 0 Å². The van der Waals surface area contributed by atoms with E-state index in [1.807, 2.05) is 18.2 Å². The second-order valence-corrected chi connectivity index (χ2v) is 12.9. The van der Waals surface area contributed by atoms with Crippen LogP contribution in [0.5, 0.6) is 5.75 Å². The van der Waals surface area contributed by atoms with E-state index in [1.165, 1.54) is 0 Å². The van der Waals surface area contributed by atoms with E-state index in [4.69, 9.17) is 4.74 Å². The number of amides is 4. The van der Waals surface area contributed by atoms with E-state index in [0.717, 1.165) is 30.2 Å². The van der Waals surface area contributed by atoms with Crippen molar-refractivity contribution in [3.8, 4) is 5.75 Å². The van der Waals surface area contributed by atoms with E-state index in [9.17, 15) is 24.0 Å². The Balaban J connectivity index is 1.18. The number of ether oxygens (including phenoxy) is 1. The number of methoxy groups -OCH3 is 1. The van der Waals surface area contributed by atoms with E-state index >= 15 is 0 Å². The molecule has 0 spiro atoms. The number of fused-ring (bicyclic) bond motifs is 2. The molecule has 4 amide bonds. The minimum absolute atomic E-state index is 0.00144. The largest absolute Gasteiger partial charge is 0.496 e. The standard InChI is InChI=1S/C31H39N5O6/c1-31(2)20-14-36(26(24(20)31)29(40)33-18(15-37)12-17-6-5-11-32-27(17)38)30(41)25(16-9-10-16)35-28(39)22-13-19-21(34-22)7-4-8-23(19)42-3/h4,7-8,13,15-18,20,24-26,34H,5-6,9-12,14H2,1-3H3,(H,32,38)(H,33,40)(H,35,39)/t17-,18-,20-,24-,25-,26-/m0/s1. The molecule has 11 nitrogen and oxygen atoms in total. The van der Waals surface area contributed by atoms with Gasteiger partial charge in [-0.15, -0.1) is 0 Å². The molecule has 1 aromatic carbocycles. The lowest BCUT2D eigenvalue weighted by atomic mass is 9.91. The van der Waals surface area contributed by atoms with Gasteiger partial charge in [-0.1, -0.05) is 19.9 Å². The average Bonchev–Trinajstić information content (AvgIpc) is 3.76. The molecule has 0 unspecified atom stereocenters. The van der Waals surface area contributed by atoms with E-state index in [0.29, 0.717) is 37.2 Å². The lowest BCUT2D eigenvalue weighted by Gasteiger charge is -2.34. The number of likely N-dealkylation sites (tertiary alicyclic amines) is 1. The van der Waals surface area contributed by atoms with Gasteiger partial charge >= 0.3 is 0 Å². The molecule has 0 radical (unpaired) electrons. The van der Waals surface area contributed by atoms with Crippen molar-refractivity contribution >= 4 is 40.8 Å². The van der Waals surface area contributed by atoms with Crippen LogP contribution >= 0.6 is 0 Å². The number of H-pyrrole nitrogens is 1. The van der Waals surface area contributed by atoms with Crippen molar-refractivity contribution in [2.75, 3.05) is 20.2 Å². The summed E-state index contributed by atoms with van der Waals surface area (Å²) in [7, 11) is 1.57. The van der Waals surface area contributed by atoms with Crippen molar-refractivity contribution in [3.63, 3.8) is 0 Å². The molecule has 4 fully saturated rings. The minimum atomic E-state index is -0.817. The summed E-state index contributed by atoms with van der Waals surface area (Å²) in [5.74, 6) is -0.702. The molecule has 224 valence electrons. The van der Waals surface area contributed by atoms with Gasteiger partial charge in [0, 0.05) is 29.9 Å². The Morgan fingerprint density at radius 1 is 1.19 bits per heavy atom. The molecule has 0 bridgehead atoms. The summed E-state index contributed by atoms with van der Waals surface area (Å²) in [5, 5.41) is 9.40. The molecule has 2 aliphatic heterocycles. The van der Waals surface area contributed by atoms with Gasteiger partial charge in [-0.25, -0.2) is 0 Å². The van der Waals surface area contributed by atoms with Gasteiger partial charge in [0.2, 0.25) is 17.7 Å². The third-order valence-corrected chi connectivity index (χ3v) is 9.92. The van der Waals surface area contributed by atoms with Gasteiger partial charge in [-0.3, -0.25) is 19.2 Å². The Morgan fingerprint density at radius 3 is 2.67 bits per heavy atom. The first-order valence-corrected chi connectivity index (χ1v) is 14.9. The van der Waals surface area contributed by atoms with Gasteiger partial charge in [0.25, 0.3) is 5.91 Å². The van der Waals surface area contributed by atoms with Gasteiger partial charge < -0.3 is 35.4 Å². The predicted molar refractivity (Wildman–Crippen MR) is 153 cm³/mol. The van der Waals surface area contributed by atoms with E-state index in [1.54, 1.807) is 18.1 Å². The molecular weight excluding hydrogens is 538 g/mol. The molecule has 6 rings (SSSR count). The molecule has 2 aromatic rings.